The summed E-state index contributed by atoms with van der Waals surface area (Å²) in [5, 5.41) is 1.82. The van der Waals surface area contributed by atoms with Gasteiger partial charge in [-0.25, -0.2) is 9.78 Å². The normalized spacial score (nSPS) is 11.2. The van der Waals surface area contributed by atoms with E-state index in [0.29, 0.717) is 29.1 Å². The second kappa shape index (κ2) is 7.28. The van der Waals surface area contributed by atoms with Crippen LogP contribution in [0.4, 0.5) is 0 Å². The molecule has 0 radical (unpaired) electrons. The average molecular weight is 357 g/mol. The first-order chi connectivity index (χ1) is 12.0. The monoisotopic (exact) mass is 356 g/mol. The number of hydrogen-bond donors (Lipinski definition) is 0. The number of carbonyl (C=O) groups excluding carboxylic acids is 1. The Morgan fingerprint density at radius 2 is 2.08 bits per heavy atom. The topological polar surface area (TPSA) is 44.1 Å². The highest BCUT2D eigenvalue weighted by Crippen LogP contribution is 2.28. The van der Waals surface area contributed by atoms with E-state index in [-0.39, 0.29) is 0 Å². The first-order valence-electron chi connectivity index (χ1n) is 8.43. The van der Waals surface area contributed by atoms with Crippen molar-refractivity contribution >= 4 is 28.5 Å². The number of fused-ring (bicyclic) bond motifs is 1. The number of ether oxygens (including phenoxy) is 1. The van der Waals surface area contributed by atoms with Gasteiger partial charge in [0.2, 0.25) is 0 Å². The predicted octanol–water partition coefficient (Wildman–Crippen LogP) is 5.05. The Morgan fingerprint density at radius 1 is 1.28 bits per heavy atom. The van der Waals surface area contributed by atoms with Crippen LogP contribution in [0.3, 0.4) is 0 Å². The highest BCUT2D eigenvalue weighted by molar-refractivity contribution is 6.31. The maximum absolute atomic E-state index is 12.0. The first kappa shape index (κ1) is 17.5. The quantitative estimate of drug-likeness (QED) is 0.600. The smallest absolute Gasteiger partial charge is 0.356 e. The molecule has 0 fully saturated rings. The van der Waals surface area contributed by atoms with Gasteiger partial charge in [0, 0.05) is 16.6 Å². The molecule has 0 aliphatic rings. The fraction of sp³-hybridized carbons (Fsp3) is 0.300. The molecule has 0 saturated carbocycles. The van der Waals surface area contributed by atoms with Crippen LogP contribution in [0.25, 0.3) is 16.7 Å². The molecular formula is C20H21ClN2O2. The molecule has 3 rings (SSSR count). The van der Waals surface area contributed by atoms with Crippen LogP contribution in [-0.2, 0) is 11.2 Å². The van der Waals surface area contributed by atoms with Gasteiger partial charge >= 0.3 is 5.97 Å². The molecule has 0 aliphatic carbocycles. The van der Waals surface area contributed by atoms with E-state index in [2.05, 4.69) is 25.0 Å². The summed E-state index contributed by atoms with van der Waals surface area (Å²) in [4.78, 5) is 16.5. The van der Waals surface area contributed by atoms with Crippen molar-refractivity contribution in [1.82, 2.24) is 9.55 Å². The van der Waals surface area contributed by atoms with Crippen molar-refractivity contribution in [1.29, 1.82) is 0 Å². The third kappa shape index (κ3) is 3.69. The summed E-state index contributed by atoms with van der Waals surface area (Å²) < 4.78 is 7.04. The summed E-state index contributed by atoms with van der Waals surface area (Å²) >= 11 is 6.21. The van der Waals surface area contributed by atoms with Gasteiger partial charge in [0.1, 0.15) is 5.82 Å². The zero-order chi connectivity index (χ0) is 18.0. The molecule has 0 spiro atoms. The van der Waals surface area contributed by atoms with Crippen LogP contribution in [0.2, 0.25) is 5.02 Å². The number of halogens is 1. The fourth-order valence-electron chi connectivity index (χ4n) is 2.94. The lowest BCUT2D eigenvalue weighted by Crippen LogP contribution is -2.09. The Morgan fingerprint density at radius 3 is 2.80 bits per heavy atom. The second-order valence-corrected chi connectivity index (χ2v) is 6.82. The van der Waals surface area contributed by atoms with Crippen molar-refractivity contribution in [3.05, 3.63) is 58.9 Å². The lowest BCUT2D eigenvalue weighted by Gasteiger charge is -2.07. The zero-order valence-corrected chi connectivity index (χ0v) is 15.4. The molecule has 0 bridgehead atoms. The third-order valence-corrected chi connectivity index (χ3v) is 4.18. The molecule has 130 valence electrons. The van der Waals surface area contributed by atoms with E-state index in [1.807, 2.05) is 34.9 Å². The minimum Gasteiger partial charge on any atom is -0.461 e. The van der Waals surface area contributed by atoms with E-state index in [1.165, 1.54) is 5.56 Å². The van der Waals surface area contributed by atoms with Gasteiger partial charge in [0.05, 0.1) is 12.1 Å². The van der Waals surface area contributed by atoms with E-state index in [1.54, 1.807) is 13.0 Å². The third-order valence-electron chi connectivity index (χ3n) is 3.94. The number of aromatic nitrogens is 2. The molecule has 2 aromatic heterocycles. The summed E-state index contributed by atoms with van der Waals surface area (Å²) in [5.74, 6) is 0.794. The van der Waals surface area contributed by atoms with Gasteiger partial charge < -0.3 is 9.30 Å². The van der Waals surface area contributed by atoms with Crippen molar-refractivity contribution in [3.8, 4) is 5.82 Å². The number of pyridine rings is 1. The van der Waals surface area contributed by atoms with Crippen molar-refractivity contribution in [3.63, 3.8) is 0 Å². The summed E-state index contributed by atoms with van der Waals surface area (Å²) in [7, 11) is 0. The minimum absolute atomic E-state index is 0.300. The molecule has 2 heterocycles. The summed E-state index contributed by atoms with van der Waals surface area (Å²) in [6.45, 7) is 6.49. The molecule has 5 heteroatoms. The van der Waals surface area contributed by atoms with E-state index in [0.717, 1.165) is 17.3 Å². The standard InChI is InChI=1S/C20H21ClN2O2/c1-4-25-20(24)17-6-5-7-19(22-17)23-12-14(10-13(2)3)16-9-8-15(21)11-18(16)23/h5-9,11-13H,4,10H2,1-3H3. The molecule has 0 atom stereocenters. The summed E-state index contributed by atoms with van der Waals surface area (Å²) in [6, 6.07) is 11.2. The maximum Gasteiger partial charge on any atom is 0.356 e. The number of hydrogen-bond acceptors (Lipinski definition) is 3. The molecular weight excluding hydrogens is 336 g/mol. The Bertz CT molecular complexity index is 915. The minimum atomic E-state index is -0.416. The molecule has 1 aromatic carbocycles. The molecule has 0 unspecified atom stereocenters. The maximum atomic E-state index is 12.0. The van der Waals surface area contributed by atoms with Crippen LogP contribution in [0, 0.1) is 5.92 Å². The van der Waals surface area contributed by atoms with Crippen LogP contribution < -0.4 is 0 Å². The first-order valence-corrected chi connectivity index (χ1v) is 8.81. The van der Waals surface area contributed by atoms with Crippen molar-refractivity contribution in [2.24, 2.45) is 5.92 Å². The van der Waals surface area contributed by atoms with E-state index in [4.69, 9.17) is 16.3 Å². The van der Waals surface area contributed by atoms with Crippen LogP contribution in [0.5, 0.6) is 0 Å². The van der Waals surface area contributed by atoms with Gasteiger partial charge in [-0.1, -0.05) is 37.6 Å². The number of carbonyl (C=O) groups is 1. The fourth-order valence-corrected chi connectivity index (χ4v) is 3.11. The van der Waals surface area contributed by atoms with Crippen molar-refractivity contribution in [2.75, 3.05) is 6.61 Å². The lowest BCUT2D eigenvalue weighted by atomic mass is 10.0. The van der Waals surface area contributed by atoms with Gasteiger partial charge in [0.25, 0.3) is 0 Å². The van der Waals surface area contributed by atoms with Crippen LogP contribution in [-0.4, -0.2) is 22.1 Å². The zero-order valence-electron chi connectivity index (χ0n) is 14.6. The molecule has 0 N–H and O–H groups in total. The average Bonchev–Trinajstić information content (AvgIpc) is 2.92. The van der Waals surface area contributed by atoms with Gasteiger partial charge in [-0.2, -0.15) is 0 Å². The molecule has 0 aliphatic heterocycles. The molecule has 0 saturated heterocycles. The summed E-state index contributed by atoms with van der Waals surface area (Å²) in [6.07, 6.45) is 3.04. The number of rotatable bonds is 5. The van der Waals surface area contributed by atoms with Crippen molar-refractivity contribution in [2.45, 2.75) is 27.2 Å². The number of nitrogens with zero attached hydrogens (tertiary/aromatic N) is 2. The summed E-state index contributed by atoms with van der Waals surface area (Å²) in [5.41, 5.74) is 2.52. The van der Waals surface area contributed by atoms with Crippen LogP contribution in [0.1, 0.15) is 36.8 Å². The van der Waals surface area contributed by atoms with E-state index < -0.39 is 5.97 Å². The predicted molar refractivity (Wildman–Crippen MR) is 101 cm³/mol. The number of benzene rings is 1. The van der Waals surface area contributed by atoms with Crippen molar-refractivity contribution < 1.29 is 9.53 Å². The van der Waals surface area contributed by atoms with Gasteiger partial charge in [-0.15, -0.1) is 0 Å². The van der Waals surface area contributed by atoms with Gasteiger partial charge in [0.15, 0.2) is 5.69 Å². The highest BCUT2D eigenvalue weighted by Gasteiger charge is 2.14. The molecule has 4 nitrogen and oxygen atoms in total. The van der Waals surface area contributed by atoms with Crippen LogP contribution in [0.15, 0.2) is 42.6 Å². The highest BCUT2D eigenvalue weighted by atomic mass is 35.5. The Kier molecular flexibility index (Phi) is 5.09. The Labute approximate surface area is 152 Å². The molecule has 25 heavy (non-hydrogen) atoms. The Hall–Kier alpha value is -2.33. The lowest BCUT2D eigenvalue weighted by molar-refractivity contribution is 0.0519. The number of esters is 1. The Balaban J connectivity index is 2.13. The van der Waals surface area contributed by atoms with Gasteiger partial charge in [-0.3, -0.25) is 0 Å². The molecule has 3 aromatic rings. The van der Waals surface area contributed by atoms with Gasteiger partial charge in [-0.05, 0) is 49.1 Å². The SMILES string of the molecule is CCOC(=O)c1cccc(-n2cc(CC(C)C)c3ccc(Cl)cc32)n1. The largest absolute Gasteiger partial charge is 0.461 e. The van der Waals surface area contributed by atoms with E-state index >= 15 is 0 Å². The van der Waals surface area contributed by atoms with E-state index in [9.17, 15) is 4.79 Å². The van der Waals surface area contributed by atoms with Crippen LogP contribution >= 0.6 is 11.6 Å². The second-order valence-electron chi connectivity index (χ2n) is 6.39. The molecule has 0 amide bonds.